The van der Waals surface area contributed by atoms with Gasteiger partial charge < -0.3 is 10.1 Å². The van der Waals surface area contributed by atoms with Gasteiger partial charge in [-0.3, -0.25) is 0 Å². The molecule has 2 aromatic rings. The Balaban J connectivity index is 2.08. The zero-order valence-corrected chi connectivity index (χ0v) is 18.1. The van der Waals surface area contributed by atoms with Gasteiger partial charge in [-0.1, -0.05) is 52.3 Å². The highest BCUT2D eigenvalue weighted by atomic mass is 127. The Bertz CT molecular complexity index is 722. The second-order valence-corrected chi connectivity index (χ2v) is 7.91. The Kier molecular flexibility index (Phi) is 7.77. The van der Waals surface area contributed by atoms with Crippen molar-refractivity contribution in [3.8, 4) is 0 Å². The fourth-order valence-corrected chi connectivity index (χ4v) is 3.75. The Morgan fingerprint density at radius 1 is 1.29 bits per heavy atom. The number of carbonyl (C=O) groups is 1. The van der Waals surface area contributed by atoms with Crippen molar-refractivity contribution in [2.75, 3.05) is 5.32 Å². The van der Waals surface area contributed by atoms with E-state index < -0.39 is 6.04 Å². The number of carbonyl (C=O) groups excluding carboxylic acids is 1. The van der Waals surface area contributed by atoms with Gasteiger partial charge in [0.05, 0.1) is 9.26 Å². The molecule has 1 unspecified atom stereocenters. The molecule has 0 spiro atoms. The highest BCUT2D eigenvalue weighted by molar-refractivity contribution is 14.1. The molecule has 1 atom stereocenters. The van der Waals surface area contributed by atoms with Gasteiger partial charge in [0, 0.05) is 8.95 Å². The molecule has 0 fully saturated rings. The molecule has 0 heterocycles. The van der Waals surface area contributed by atoms with Crippen molar-refractivity contribution in [1.29, 1.82) is 0 Å². The molecular weight excluding hydrogens is 549 g/mol. The fraction of sp³-hybridized carbons (Fsp3) is 0.167. The maximum atomic E-state index is 12.4. The molecule has 3 nitrogen and oxygen atoms in total. The topological polar surface area (TPSA) is 38.3 Å². The van der Waals surface area contributed by atoms with Crippen molar-refractivity contribution in [3.05, 3.63) is 73.2 Å². The monoisotopic (exact) mass is 563 g/mol. The number of rotatable bonds is 7. The van der Waals surface area contributed by atoms with Gasteiger partial charge in [-0.25, -0.2) is 4.79 Å². The third-order valence-corrected chi connectivity index (χ3v) is 6.22. The van der Waals surface area contributed by atoms with Crippen molar-refractivity contribution in [2.45, 2.75) is 19.1 Å². The average Bonchev–Trinajstić information content (AvgIpc) is 2.57. The average molecular weight is 565 g/mol. The van der Waals surface area contributed by atoms with Crippen LogP contribution in [0.15, 0.2) is 64.1 Å². The van der Waals surface area contributed by atoms with Crippen molar-refractivity contribution in [1.82, 2.24) is 0 Å². The second kappa shape index (κ2) is 9.58. The third kappa shape index (κ3) is 5.60. The van der Waals surface area contributed by atoms with E-state index in [0.29, 0.717) is 6.42 Å². The molecule has 0 aliphatic carbocycles. The first-order valence-corrected chi connectivity index (χ1v) is 9.90. The van der Waals surface area contributed by atoms with E-state index in [-0.39, 0.29) is 12.6 Å². The molecule has 6 heteroatoms. The third-order valence-electron chi connectivity index (χ3n) is 3.23. The lowest BCUT2D eigenvalue weighted by Crippen LogP contribution is -2.31. The van der Waals surface area contributed by atoms with Gasteiger partial charge >= 0.3 is 5.97 Å². The molecule has 0 aliphatic heterocycles. The summed E-state index contributed by atoms with van der Waals surface area (Å²) in [6.07, 6.45) is 2.19. The summed E-state index contributed by atoms with van der Waals surface area (Å²) in [6.45, 7) is 3.99. The number of halogens is 3. The van der Waals surface area contributed by atoms with Crippen LogP contribution >= 0.6 is 54.5 Å². The van der Waals surface area contributed by atoms with Gasteiger partial charge in [0.25, 0.3) is 0 Å². The molecule has 2 aromatic carbocycles. The summed E-state index contributed by atoms with van der Waals surface area (Å²) in [5.74, 6) is -0.300. The number of nitrogens with one attached hydrogen (secondary N) is 1. The highest BCUT2D eigenvalue weighted by Gasteiger charge is 2.20. The van der Waals surface area contributed by atoms with Crippen LogP contribution < -0.4 is 5.32 Å². The van der Waals surface area contributed by atoms with E-state index in [9.17, 15) is 4.79 Å². The second-order valence-electron chi connectivity index (χ2n) is 5.06. The molecule has 0 saturated carbocycles. The number of hydrogen-bond acceptors (Lipinski definition) is 3. The number of benzene rings is 2. The van der Waals surface area contributed by atoms with Gasteiger partial charge in [-0.05, 0) is 62.6 Å². The lowest BCUT2D eigenvalue weighted by Gasteiger charge is -2.19. The first-order chi connectivity index (χ1) is 11.5. The van der Waals surface area contributed by atoms with E-state index in [0.717, 1.165) is 23.8 Å². The van der Waals surface area contributed by atoms with Crippen molar-refractivity contribution in [3.63, 3.8) is 0 Å². The molecule has 126 valence electrons. The smallest absolute Gasteiger partial charge is 0.329 e. The molecule has 24 heavy (non-hydrogen) atoms. The Labute approximate surface area is 172 Å². The first kappa shape index (κ1) is 19.5. The standard InChI is InChI=1S/C18H16Br2INO2/c1-2-6-15(18(23)24-11-12-7-4-3-5-8-12)22-16-10-13(19)9-14(20)17(16)21/h2-5,7-10,15,22H,1,6,11H2. The molecule has 0 aromatic heterocycles. The van der Waals surface area contributed by atoms with Gasteiger partial charge in [-0.15, -0.1) is 6.58 Å². The Morgan fingerprint density at radius 2 is 2.00 bits per heavy atom. The largest absolute Gasteiger partial charge is 0.459 e. The van der Waals surface area contributed by atoms with Crippen LogP contribution in [0.2, 0.25) is 0 Å². The van der Waals surface area contributed by atoms with Crippen LogP contribution in [-0.4, -0.2) is 12.0 Å². The van der Waals surface area contributed by atoms with Crippen molar-refractivity contribution < 1.29 is 9.53 Å². The molecule has 2 rings (SSSR count). The number of ether oxygens (including phenoxy) is 1. The number of esters is 1. The minimum Gasteiger partial charge on any atom is -0.459 e. The molecule has 0 saturated heterocycles. The number of anilines is 1. The normalized spacial score (nSPS) is 11.6. The van der Waals surface area contributed by atoms with Crippen molar-refractivity contribution >= 4 is 66.1 Å². The van der Waals surface area contributed by atoms with Crippen LogP contribution in [-0.2, 0) is 16.1 Å². The summed E-state index contributed by atoms with van der Waals surface area (Å²) in [7, 11) is 0. The molecule has 0 aliphatic rings. The summed E-state index contributed by atoms with van der Waals surface area (Å²) in [6, 6.07) is 13.0. The van der Waals surface area contributed by atoms with E-state index >= 15 is 0 Å². The van der Waals surface area contributed by atoms with Crippen LogP contribution in [0, 0.1) is 3.57 Å². The van der Waals surface area contributed by atoms with Crippen LogP contribution in [0.1, 0.15) is 12.0 Å². The minimum atomic E-state index is -0.485. The van der Waals surface area contributed by atoms with E-state index in [1.165, 1.54) is 0 Å². The fourth-order valence-electron chi connectivity index (χ4n) is 2.06. The molecule has 0 amide bonds. The molecule has 0 radical (unpaired) electrons. The zero-order valence-electron chi connectivity index (χ0n) is 12.8. The quantitative estimate of drug-likeness (QED) is 0.196. The summed E-state index contributed by atoms with van der Waals surface area (Å²) >= 11 is 9.20. The van der Waals surface area contributed by atoms with Gasteiger partial charge in [0.1, 0.15) is 12.6 Å². The number of hydrogen-bond donors (Lipinski definition) is 1. The molecular formula is C18H16Br2INO2. The maximum absolute atomic E-state index is 12.4. The van der Waals surface area contributed by atoms with Gasteiger partial charge in [0.2, 0.25) is 0 Å². The zero-order chi connectivity index (χ0) is 17.5. The molecule has 0 bridgehead atoms. The van der Waals surface area contributed by atoms with E-state index in [4.69, 9.17) is 4.74 Å². The summed E-state index contributed by atoms with van der Waals surface area (Å²) in [5.41, 5.74) is 1.82. The SMILES string of the molecule is C=CCC(Nc1cc(Br)cc(Br)c1I)C(=O)OCc1ccccc1. The summed E-state index contributed by atoms with van der Waals surface area (Å²) in [4.78, 5) is 12.4. The predicted molar refractivity (Wildman–Crippen MR) is 113 cm³/mol. The first-order valence-electron chi connectivity index (χ1n) is 7.23. The summed E-state index contributed by atoms with van der Waals surface area (Å²) in [5, 5.41) is 3.25. The van der Waals surface area contributed by atoms with Crippen LogP contribution in [0.25, 0.3) is 0 Å². The van der Waals surface area contributed by atoms with E-state index in [2.05, 4.69) is 66.3 Å². The Hall–Kier alpha value is -0.860. The maximum Gasteiger partial charge on any atom is 0.329 e. The van der Waals surface area contributed by atoms with Crippen LogP contribution in [0.4, 0.5) is 5.69 Å². The Morgan fingerprint density at radius 3 is 2.67 bits per heavy atom. The molecule has 1 N–H and O–H groups in total. The highest BCUT2D eigenvalue weighted by Crippen LogP contribution is 2.31. The minimum absolute atomic E-state index is 0.258. The van der Waals surface area contributed by atoms with Gasteiger partial charge in [-0.2, -0.15) is 0 Å². The lowest BCUT2D eigenvalue weighted by atomic mass is 10.2. The predicted octanol–water partition coefficient (Wildman–Crippen LogP) is 5.92. The van der Waals surface area contributed by atoms with Crippen LogP contribution in [0.5, 0.6) is 0 Å². The van der Waals surface area contributed by atoms with Crippen LogP contribution in [0.3, 0.4) is 0 Å². The van der Waals surface area contributed by atoms with E-state index in [1.54, 1.807) is 6.08 Å². The van der Waals surface area contributed by atoms with Gasteiger partial charge in [0.15, 0.2) is 0 Å². The van der Waals surface area contributed by atoms with E-state index in [1.807, 2.05) is 42.5 Å². The summed E-state index contributed by atoms with van der Waals surface area (Å²) < 4.78 is 8.32. The lowest BCUT2D eigenvalue weighted by molar-refractivity contribution is -0.145. The van der Waals surface area contributed by atoms with Crippen molar-refractivity contribution in [2.24, 2.45) is 0 Å².